The van der Waals surface area contributed by atoms with Gasteiger partial charge < -0.3 is 20.1 Å². The first-order valence-corrected chi connectivity index (χ1v) is 8.04. The van der Waals surface area contributed by atoms with Crippen LogP contribution in [0.15, 0.2) is 30.3 Å². The number of carbonyl (C=O) groups is 2. The molecule has 24 heavy (non-hydrogen) atoms. The summed E-state index contributed by atoms with van der Waals surface area (Å²) >= 11 is 0. The first-order valence-electron chi connectivity index (χ1n) is 8.04. The van der Waals surface area contributed by atoms with Crippen LogP contribution in [0.3, 0.4) is 0 Å². The zero-order chi connectivity index (χ0) is 18.2. The summed E-state index contributed by atoms with van der Waals surface area (Å²) in [4.78, 5) is 23.6. The number of nitrogens with one attached hydrogen (secondary N) is 2. The minimum Gasteiger partial charge on any atom is -0.469 e. The van der Waals surface area contributed by atoms with Crippen molar-refractivity contribution in [2.45, 2.75) is 39.3 Å². The van der Waals surface area contributed by atoms with E-state index in [1.165, 1.54) is 19.8 Å². The first-order chi connectivity index (χ1) is 11.3. The standard InChI is InChI=1S/C18H28N2O4/c1-13(14-9-7-6-8-10-14)19-12-11-15(20-17(22)24-5)18(2,3)16(21)23-4/h6-10,13,15,19H,11-12H2,1-5H3,(H,20,22)/t13-,15-/m0/s1. The van der Waals surface area contributed by atoms with Crippen LogP contribution < -0.4 is 10.6 Å². The van der Waals surface area contributed by atoms with Crippen LogP contribution in [0.4, 0.5) is 4.79 Å². The van der Waals surface area contributed by atoms with Crippen molar-refractivity contribution in [3.63, 3.8) is 0 Å². The fourth-order valence-electron chi connectivity index (χ4n) is 2.52. The highest BCUT2D eigenvalue weighted by atomic mass is 16.5. The van der Waals surface area contributed by atoms with Crippen LogP contribution in [0.25, 0.3) is 0 Å². The van der Waals surface area contributed by atoms with Gasteiger partial charge in [-0.25, -0.2) is 4.79 Å². The molecule has 6 nitrogen and oxygen atoms in total. The molecule has 1 aromatic rings. The molecular formula is C18H28N2O4. The smallest absolute Gasteiger partial charge is 0.407 e. The molecule has 1 aromatic carbocycles. The fraction of sp³-hybridized carbons (Fsp3) is 0.556. The van der Waals surface area contributed by atoms with E-state index in [-0.39, 0.29) is 12.0 Å². The maximum atomic E-state index is 12.0. The summed E-state index contributed by atoms with van der Waals surface area (Å²) in [7, 11) is 2.64. The molecule has 2 N–H and O–H groups in total. The quantitative estimate of drug-likeness (QED) is 0.714. The van der Waals surface area contributed by atoms with E-state index in [0.29, 0.717) is 13.0 Å². The van der Waals surface area contributed by atoms with Gasteiger partial charge >= 0.3 is 12.1 Å². The van der Waals surface area contributed by atoms with Crippen LogP contribution in [-0.2, 0) is 14.3 Å². The number of esters is 1. The molecule has 0 saturated carbocycles. The lowest BCUT2D eigenvalue weighted by Crippen LogP contribution is -2.50. The number of carbonyl (C=O) groups excluding carboxylic acids is 2. The minimum absolute atomic E-state index is 0.172. The number of ether oxygens (including phenoxy) is 2. The number of amides is 1. The van der Waals surface area contributed by atoms with Gasteiger partial charge in [-0.15, -0.1) is 0 Å². The highest BCUT2D eigenvalue weighted by molar-refractivity contribution is 5.78. The van der Waals surface area contributed by atoms with Crippen molar-refractivity contribution in [1.29, 1.82) is 0 Å². The molecule has 0 radical (unpaired) electrons. The van der Waals surface area contributed by atoms with Crippen molar-refractivity contribution in [2.24, 2.45) is 5.41 Å². The van der Waals surface area contributed by atoms with Crippen LogP contribution >= 0.6 is 0 Å². The van der Waals surface area contributed by atoms with Crippen molar-refractivity contribution in [3.05, 3.63) is 35.9 Å². The highest BCUT2D eigenvalue weighted by Crippen LogP contribution is 2.25. The summed E-state index contributed by atoms with van der Waals surface area (Å²) in [5.41, 5.74) is 0.322. The maximum Gasteiger partial charge on any atom is 0.407 e. The van der Waals surface area contributed by atoms with Crippen molar-refractivity contribution in [2.75, 3.05) is 20.8 Å². The lowest BCUT2D eigenvalue weighted by Gasteiger charge is -2.32. The van der Waals surface area contributed by atoms with Crippen LogP contribution in [0, 0.1) is 5.41 Å². The highest BCUT2D eigenvalue weighted by Gasteiger charge is 2.38. The number of rotatable bonds is 8. The number of benzene rings is 1. The normalized spacial score (nSPS) is 13.7. The Balaban J connectivity index is 2.68. The Labute approximate surface area is 143 Å². The van der Waals surface area contributed by atoms with Crippen LogP contribution in [-0.4, -0.2) is 38.9 Å². The number of hydrogen-bond acceptors (Lipinski definition) is 5. The van der Waals surface area contributed by atoms with Crippen molar-refractivity contribution in [3.8, 4) is 0 Å². The molecule has 0 aromatic heterocycles. The minimum atomic E-state index is -0.861. The zero-order valence-corrected chi connectivity index (χ0v) is 15.1. The molecular weight excluding hydrogens is 308 g/mol. The number of methoxy groups -OCH3 is 2. The first kappa shape index (κ1) is 20.0. The van der Waals surface area contributed by atoms with E-state index in [2.05, 4.69) is 34.4 Å². The summed E-state index contributed by atoms with van der Waals surface area (Å²) in [6.07, 6.45) is 0.00191. The van der Waals surface area contributed by atoms with Gasteiger partial charge in [0, 0.05) is 12.1 Å². The lowest BCUT2D eigenvalue weighted by molar-refractivity contribution is -0.152. The van der Waals surface area contributed by atoms with Gasteiger partial charge in [0.2, 0.25) is 0 Å². The predicted molar refractivity (Wildman–Crippen MR) is 92.6 cm³/mol. The average molecular weight is 336 g/mol. The molecule has 0 aliphatic rings. The molecule has 0 fully saturated rings. The van der Waals surface area contributed by atoms with Crippen molar-refractivity contribution < 1.29 is 19.1 Å². The third-order valence-electron chi connectivity index (χ3n) is 4.24. The molecule has 1 rings (SSSR count). The zero-order valence-electron chi connectivity index (χ0n) is 15.1. The second-order valence-corrected chi connectivity index (χ2v) is 6.28. The van der Waals surface area contributed by atoms with Crippen LogP contribution in [0.5, 0.6) is 0 Å². The molecule has 6 heteroatoms. The second-order valence-electron chi connectivity index (χ2n) is 6.28. The Kier molecular flexibility index (Phi) is 7.71. The Bertz CT molecular complexity index is 531. The van der Waals surface area contributed by atoms with Crippen molar-refractivity contribution in [1.82, 2.24) is 10.6 Å². The third-order valence-corrected chi connectivity index (χ3v) is 4.24. The van der Waals surface area contributed by atoms with Crippen LogP contribution in [0.1, 0.15) is 38.8 Å². The summed E-state index contributed by atoms with van der Waals surface area (Å²) in [6, 6.07) is 9.84. The van der Waals surface area contributed by atoms with Gasteiger partial charge in [0.25, 0.3) is 0 Å². The second kappa shape index (κ2) is 9.27. The predicted octanol–water partition coefficient (Wildman–Crippen LogP) is 2.65. The molecule has 0 unspecified atom stereocenters. The number of hydrogen-bond donors (Lipinski definition) is 2. The summed E-state index contributed by atoms with van der Waals surface area (Å²) in [5.74, 6) is -0.375. The molecule has 0 aliphatic carbocycles. The van der Waals surface area contributed by atoms with E-state index in [1.807, 2.05) is 18.2 Å². The van der Waals surface area contributed by atoms with Gasteiger partial charge in [-0.05, 0) is 39.3 Å². The average Bonchev–Trinajstić information content (AvgIpc) is 2.60. The molecule has 134 valence electrons. The Morgan fingerprint density at radius 3 is 2.29 bits per heavy atom. The fourth-order valence-corrected chi connectivity index (χ4v) is 2.52. The van der Waals surface area contributed by atoms with Crippen LogP contribution in [0.2, 0.25) is 0 Å². The molecule has 0 spiro atoms. The van der Waals surface area contributed by atoms with E-state index in [4.69, 9.17) is 4.74 Å². The third kappa shape index (κ3) is 5.53. The largest absolute Gasteiger partial charge is 0.469 e. The van der Waals surface area contributed by atoms with Gasteiger partial charge in [-0.3, -0.25) is 4.79 Å². The lowest BCUT2D eigenvalue weighted by atomic mass is 9.82. The van der Waals surface area contributed by atoms with E-state index >= 15 is 0 Å². The van der Waals surface area contributed by atoms with Gasteiger partial charge in [0.15, 0.2) is 0 Å². The molecule has 0 heterocycles. The van der Waals surface area contributed by atoms with Gasteiger partial charge in [0.05, 0.1) is 19.6 Å². The molecule has 1 amide bonds. The SMILES string of the molecule is COC(=O)N[C@@H](CCN[C@@H](C)c1ccccc1)C(C)(C)C(=O)OC. The molecule has 0 saturated heterocycles. The van der Waals surface area contributed by atoms with Crippen molar-refractivity contribution >= 4 is 12.1 Å². The van der Waals surface area contributed by atoms with Gasteiger partial charge in [-0.1, -0.05) is 30.3 Å². The molecule has 0 bridgehead atoms. The Morgan fingerprint density at radius 1 is 1.12 bits per heavy atom. The van der Waals surface area contributed by atoms with E-state index < -0.39 is 17.6 Å². The Morgan fingerprint density at radius 2 is 1.75 bits per heavy atom. The van der Waals surface area contributed by atoms with Gasteiger partial charge in [-0.2, -0.15) is 0 Å². The van der Waals surface area contributed by atoms with E-state index in [9.17, 15) is 9.59 Å². The summed E-state index contributed by atoms with van der Waals surface area (Å²) in [6.45, 7) is 6.20. The number of alkyl carbamates (subject to hydrolysis) is 1. The van der Waals surface area contributed by atoms with Gasteiger partial charge in [0.1, 0.15) is 0 Å². The maximum absolute atomic E-state index is 12.0. The molecule has 2 atom stereocenters. The van der Waals surface area contributed by atoms with E-state index in [1.54, 1.807) is 13.8 Å². The summed E-state index contributed by atoms with van der Waals surface area (Å²) < 4.78 is 9.52. The van der Waals surface area contributed by atoms with E-state index in [0.717, 1.165) is 0 Å². The summed E-state index contributed by atoms with van der Waals surface area (Å²) in [5, 5.41) is 6.14. The topological polar surface area (TPSA) is 76.7 Å². The molecule has 0 aliphatic heterocycles. The Hall–Kier alpha value is -2.08. The monoisotopic (exact) mass is 336 g/mol.